The van der Waals surface area contributed by atoms with Gasteiger partial charge in [-0.15, -0.1) is 0 Å². The molecule has 122 valence electrons. The third-order valence-corrected chi connectivity index (χ3v) is 4.68. The minimum Gasteiger partial charge on any atom is -0.289 e. The van der Waals surface area contributed by atoms with Gasteiger partial charge in [0.2, 0.25) is 0 Å². The Bertz CT molecular complexity index is 846. The quantitative estimate of drug-likeness (QED) is 0.787. The molecular weight excluding hydrogens is 296 g/mol. The maximum absolute atomic E-state index is 12.8. The van der Waals surface area contributed by atoms with Crippen LogP contribution in [0.1, 0.15) is 59.5 Å². The monoisotopic (exact) mass is 318 g/mol. The van der Waals surface area contributed by atoms with E-state index in [4.69, 9.17) is 0 Å². The molecule has 2 heteroatoms. The Morgan fingerprint density at radius 2 is 1.33 bits per heavy atom. The third kappa shape index (κ3) is 2.84. The van der Waals surface area contributed by atoms with Crippen molar-refractivity contribution < 1.29 is 9.59 Å². The molecule has 0 aromatic heterocycles. The minimum atomic E-state index is -0.0356. The number of rotatable bonds is 2. The van der Waals surface area contributed by atoms with Gasteiger partial charge >= 0.3 is 0 Å². The Kier molecular flexibility index (Phi) is 4.00. The van der Waals surface area contributed by atoms with Crippen LogP contribution in [-0.4, -0.2) is 11.6 Å². The van der Waals surface area contributed by atoms with Crippen molar-refractivity contribution in [2.24, 2.45) is 0 Å². The fourth-order valence-corrected chi connectivity index (χ4v) is 3.09. The number of ketones is 2. The maximum Gasteiger partial charge on any atom is 0.190 e. The van der Waals surface area contributed by atoms with Gasteiger partial charge in [-0.1, -0.05) is 69.3 Å². The Labute approximate surface area is 143 Å². The molecule has 2 aromatic rings. The summed E-state index contributed by atoms with van der Waals surface area (Å²) in [6.45, 7) is 8.29. The summed E-state index contributed by atoms with van der Waals surface area (Å²) in [5.74, 6) is -0.0610. The van der Waals surface area contributed by atoms with Gasteiger partial charge in [-0.3, -0.25) is 9.59 Å². The van der Waals surface area contributed by atoms with Crippen LogP contribution in [0.2, 0.25) is 0 Å². The molecule has 2 aromatic carbocycles. The highest BCUT2D eigenvalue weighted by atomic mass is 16.1. The van der Waals surface area contributed by atoms with Crippen LogP contribution in [0.5, 0.6) is 0 Å². The first kappa shape index (κ1) is 16.4. The molecule has 1 aliphatic rings. The number of Topliss-reactive ketones (excluding diaryl/α,β-unsaturated/α-hetero) is 2. The van der Waals surface area contributed by atoms with Crippen LogP contribution >= 0.6 is 0 Å². The number of carbonyl (C=O) groups excluding carboxylic acids is 2. The molecule has 24 heavy (non-hydrogen) atoms. The van der Waals surface area contributed by atoms with Crippen molar-refractivity contribution in [2.45, 2.75) is 39.5 Å². The summed E-state index contributed by atoms with van der Waals surface area (Å²) in [4.78, 5) is 25.3. The number of fused-ring (bicyclic) bond motifs is 1. The van der Waals surface area contributed by atoms with Gasteiger partial charge in [0.15, 0.2) is 11.6 Å². The highest BCUT2D eigenvalue weighted by Gasteiger charge is 2.29. The van der Waals surface area contributed by atoms with Gasteiger partial charge in [0.25, 0.3) is 0 Å². The lowest BCUT2D eigenvalue weighted by Gasteiger charge is -2.21. The second-order valence-corrected chi connectivity index (χ2v) is 7.43. The van der Waals surface area contributed by atoms with Crippen molar-refractivity contribution in [2.75, 3.05) is 0 Å². The fourth-order valence-electron chi connectivity index (χ4n) is 3.09. The highest BCUT2D eigenvalue weighted by molar-refractivity contribution is 6.26. The average Bonchev–Trinajstić information content (AvgIpc) is 2.56. The standard InChI is InChI=1S/C22H22O2/c1-14-19(13-15-9-11-16(12-10-15)22(2,3)4)21(24)18-8-6-5-7-17(18)20(14)23/h5-12H,13H2,1-4H3. The van der Waals surface area contributed by atoms with Crippen molar-refractivity contribution >= 4 is 11.6 Å². The molecule has 2 nitrogen and oxygen atoms in total. The molecule has 0 atom stereocenters. The molecule has 0 N–H and O–H groups in total. The predicted octanol–water partition coefficient (Wildman–Crippen LogP) is 4.92. The largest absolute Gasteiger partial charge is 0.289 e. The van der Waals surface area contributed by atoms with Crippen LogP contribution < -0.4 is 0 Å². The third-order valence-electron chi connectivity index (χ3n) is 4.68. The van der Waals surface area contributed by atoms with Gasteiger partial charge < -0.3 is 0 Å². The molecule has 0 radical (unpaired) electrons. The molecule has 0 amide bonds. The predicted molar refractivity (Wildman–Crippen MR) is 96.6 cm³/mol. The van der Waals surface area contributed by atoms with Gasteiger partial charge in [0.05, 0.1) is 0 Å². The van der Waals surface area contributed by atoms with E-state index < -0.39 is 0 Å². The molecule has 0 aliphatic heterocycles. The first-order valence-electron chi connectivity index (χ1n) is 8.26. The molecule has 0 saturated heterocycles. The van der Waals surface area contributed by atoms with Gasteiger partial charge in [-0.2, -0.15) is 0 Å². The first-order chi connectivity index (χ1) is 11.3. The van der Waals surface area contributed by atoms with E-state index in [9.17, 15) is 9.59 Å². The van der Waals surface area contributed by atoms with Crippen LogP contribution in [-0.2, 0) is 11.8 Å². The van der Waals surface area contributed by atoms with E-state index in [1.54, 1.807) is 31.2 Å². The van der Waals surface area contributed by atoms with Crippen molar-refractivity contribution in [3.8, 4) is 0 Å². The number of hydrogen-bond donors (Lipinski definition) is 0. The summed E-state index contributed by atoms with van der Waals surface area (Å²) in [6.07, 6.45) is 0.495. The Morgan fingerprint density at radius 3 is 1.88 bits per heavy atom. The van der Waals surface area contributed by atoms with Crippen LogP contribution in [0.25, 0.3) is 0 Å². The van der Waals surface area contributed by atoms with Crippen molar-refractivity contribution in [3.05, 3.63) is 81.9 Å². The lowest BCUT2D eigenvalue weighted by Crippen LogP contribution is -2.22. The lowest BCUT2D eigenvalue weighted by molar-refractivity contribution is 0.0973. The zero-order chi connectivity index (χ0) is 17.5. The molecule has 0 spiro atoms. The van der Waals surface area contributed by atoms with Gasteiger partial charge in [0, 0.05) is 28.7 Å². The number of carbonyl (C=O) groups is 2. The molecule has 0 heterocycles. The molecule has 0 unspecified atom stereocenters. The summed E-state index contributed by atoms with van der Waals surface area (Å²) >= 11 is 0. The Hall–Kier alpha value is -2.48. The Balaban J connectivity index is 1.94. The number of allylic oxidation sites excluding steroid dienone is 2. The van der Waals surface area contributed by atoms with E-state index in [2.05, 4.69) is 45.0 Å². The van der Waals surface area contributed by atoms with E-state index in [1.807, 2.05) is 0 Å². The second kappa shape index (κ2) is 5.86. The van der Waals surface area contributed by atoms with E-state index in [1.165, 1.54) is 5.56 Å². The second-order valence-electron chi connectivity index (χ2n) is 7.43. The zero-order valence-corrected chi connectivity index (χ0v) is 14.6. The molecule has 3 rings (SSSR count). The number of benzene rings is 2. The molecule has 0 saturated carbocycles. The first-order valence-corrected chi connectivity index (χ1v) is 8.26. The summed E-state index contributed by atoms with van der Waals surface area (Å²) < 4.78 is 0. The molecular formula is C22H22O2. The molecule has 1 aliphatic carbocycles. The van der Waals surface area contributed by atoms with E-state index >= 15 is 0 Å². The Morgan fingerprint density at radius 1 is 0.792 bits per heavy atom. The van der Waals surface area contributed by atoms with Gasteiger partial charge in [0.1, 0.15) is 0 Å². The summed E-state index contributed by atoms with van der Waals surface area (Å²) in [7, 11) is 0. The fraction of sp³-hybridized carbons (Fsp3) is 0.273. The average molecular weight is 318 g/mol. The summed E-state index contributed by atoms with van der Waals surface area (Å²) in [6, 6.07) is 15.4. The molecule has 0 fully saturated rings. The van der Waals surface area contributed by atoms with Gasteiger partial charge in [-0.05, 0) is 23.5 Å². The van der Waals surface area contributed by atoms with Crippen LogP contribution in [0, 0.1) is 0 Å². The van der Waals surface area contributed by atoms with E-state index in [-0.39, 0.29) is 17.0 Å². The SMILES string of the molecule is CC1=C(Cc2ccc(C(C)(C)C)cc2)C(=O)c2ccccc2C1=O. The van der Waals surface area contributed by atoms with Crippen LogP contribution in [0.15, 0.2) is 59.7 Å². The van der Waals surface area contributed by atoms with Crippen LogP contribution in [0.4, 0.5) is 0 Å². The van der Waals surface area contributed by atoms with Crippen molar-refractivity contribution in [3.63, 3.8) is 0 Å². The van der Waals surface area contributed by atoms with Crippen molar-refractivity contribution in [1.82, 2.24) is 0 Å². The smallest absolute Gasteiger partial charge is 0.190 e. The van der Waals surface area contributed by atoms with Gasteiger partial charge in [-0.25, -0.2) is 0 Å². The molecule has 0 bridgehead atoms. The normalized spacial score (nSPS) is 14.8. The summed E-state index contributed by atoms with van der Waals surface area (Å²) in [5, 5.41) is 0. The van der Waals surface area contributed by atoms with Crippen molar-refractivity contribution in [1.29, 1.82) is 0 Å². The van der Waals surface area contributed by atoms with E-state index in [0.717, 1.165) is 5.56 Å². The minimum absolute atomic E-state index is 0.0254. The van der Waals surface area contributed by atoms with E-state index in [0.29, 0.717) is 28.7 Å². The highest BCUT2D eigenvalue weighted by Crippen LogP contribution is 2.29. The number of hydrogen-bond acceptors (Lipinski definition) is 2. The lowest BCUT2D eigenvalue weighted by atomic mass is 9.81. The maximum atomic E-state index is 12.8. The zero-order valence-electron chi connectivity index (χ0n) is 14.6. The van der Waals surface area contributed by atoms with Crippen LogP contribution in [0.3, 0.4) is 0 Å². The summed E-state index contributed by atoms with van der Waals surface area (Å²) in [5.41, 5.74) is 4.64. The topological polar surface area (TPSA) is 34.1 Å².